The Hall–Kier alpha value is -2.94. The van der Waals surface area contributed by atoms with Crippen LogP contribution in [0.2, 0.25) is 0 Å². The van der Waals surface area contributed by atoms with Crippen molar-refractivity contribution in [3.8, 4) is 11.5 Å². The zero-order valence-corrected chi connectivity index (χ0v) is 19.2. The van der Waals surface area contributed by atoms with Gasteiger partial charge in [-0.2, -0.15) is 4.31 Å². The van der Waals surface area contributed by atoms with Gasteiger partial charge in [0.1, 0.15) is 5.82 Å². The Bertz CT molecular complexity index is 1180. The van der Waals surface area contributed by atoms with Gasteiger partial charge in [0.05, 0.1) is 17.5 Å². The van der Waals surface area contributed by atoms with Crippen LogP contribution in [-0.2, 0) is 10.0 Å². The van der Waals surface area contributed by atoms with Crippen molar-refractivity contribution in [2.45, 2.75) is 17.9 Å². The Morgan fingerprint density at radius 1 is 0.939 bits per heavy atom. The summed E-state index contributed by atoms with van der Waals surface area (Å²) >= 11 is 0. The number of para-hydroxylation sites is 1. The van der Waals surface area contributed by atoms with Gasteiger partial charge in [-0.05, 0) is 42.8 Å². The van der Waals surface area contributed by atoms with Crippen molar-refractivity contribution in [3.05, 3.63) is 89.7 Å². The highest BCUT2D eigenvalue weighted by atomic mass is 32.2. The number of rotatable bonds is 7. The quantitative estimate of drug-likeness (QED) is 0.565. The van der Waals surface area contributed by atoms with E-state index in [0.717, 1.165) is 17.7 Å². The van der Waals surface area contributed by atoms with E-state index in [1.54, 1.807) is 6.07 Å². The lowest BCUT2D eigenvalue weighted by Crippen LogP contribution is -2.49. The van der Waals surface area contributed by atoms with Gasteiger partial charge in [0.2, 0.25) is 10.0 Å². The molecular weight excluding hydrogens is 443 g/mol. The molecule has 0 aliphatic carbocycles. The largest absolute Gasteiger partial charge is 0.504 e. The molecule has 0 saturated carbocycles. The second-order valence-electron chi connectivity index (χ2n) is 7.83. The molecule has 1 saturated heterocycles. The van der Waals surface area contributed by atoms with E-state index in [-0.39, 0.29) is 29.8 Å². The number of ether oxygens (including phenoxy) is 1. The molecule has 1 N–H and O–H groups in total. The first-order valence-corrected chi connectivity index (χ1v) is 12.3. The molecular formula is C25H27FN2O4S. The third-order valence-electron chi connectivity index (χ3n) is 5.83. The molecule has 0 radical (unpaired) electrons. The van der Waals surface area contributed by atoms with Crippen molar-refractivity contribution < 1.29 is 22.7 Å². The maximum atomic E-state index is 13.2. The first kappa shape index (κ1) is 23.2. The fraction of sp³-hybridized carbons (Fsp3) is 0.280. The smallest absolute Gasteiger partial charge is 0.243 e. The molecule has 1 aliphatic rings. The van der Waals surface area contributed by atoms with E-state index in [1.165, 1.54) is 16.4 Å². The van der Waals surface area contributed by atoms with E-state index in [4.69, 9.17) is 4.74 Å². The normalized spacial score (nSPS) is 16.4. The van der Waals surface area contributed by atoms with E-state index in [1.807, 2.05) is 49.4 Å². The standard InChI is InChI=1S/C25H27FN2O4S/c1-2-32-23-10-6-9-22(25(23)29)24(19-7-4-3-5-8-19)27-15-17-28(18-16-27)33(30,31)21-13-11-20(26)12-14-21/h3-14,24,29H,2,15-18H2,1H3/t24-/m1/s1. The summed E-state index contributed by atoms with van der Waals surface area (Å²) in [7, 11) is -3.71. The molecule has 33 heavy (non-hydrogen) atoms. The molecule has 3 aromatic carbocycles. The summed E-state index contributed by atoms with van der Waals surface area (Å²) in [6, 6.07) is 19.9. The number of nitrogens with zero attached hydrogens (tertiary/aromatic N) is 2. The fourth-order valence-corrected chi connectivity index (χ4v) is 5.63. The highest BCUT2D eigenvalue weighted by Gasteiger charge is 2.33. The van der Waals surface area contributed by atoms with Gasteiger partial charge in [0.25, 0.3) is 0 Å². The number of hydrogen-bond acceptors (Lipinski definition) is 5. The van der Waals surface area contributed by atoms with Gasteiger partial charge in [0.15, 0.2) is 11.5 Å². The number of halogens is 1. The summed E-state index contributed by atoms with van der Waals surface area (Å²) in [6.45, 7) is 3.81. The van der Waals surface area contributed by atoms with Gasteiger partial charge in [-0.25, -0.2) is 12.8 Å². The van der Waals surface area contributed by atoms with Crippen LogP contribution in [0.1, 0.15) is 24.1 Å². The average molecular weight is 471 g/mol. The van der Waals surface area contributed by atoms with Gasteiger partial charge >= 0.3 is 0 Å². The first-order valence-electron chi connectivity index (χ1n) is 10.9. The number of benzene rings is 3. The molecule has 0 aromatic heterocycles. The predicted octanol–water partition coefficient (Wildman–Crippen LogP) is 4.03. The zero-order chi connectivity index (χ0) is 23.4. The van der Waals surface area contributed by atoms with Gasteiger partial charge in [-0.15, -0.1) is 0 Å². The summed E-state index contributed by atoms with van der Waals surface area (Å²) < 4.78 is 46.3. The highest BCUT2D eigenvalue weighted by molar-refractivity contribution is 7.89. The molecule has 1 atom stereocenters. The van der Waals surface area contributed by atoms with E-state index >= 15 is 0 Å². The third kappa shape index (κ3) is 4.88. The first-order chi connectivity index (χ1) is 15.9. The number of aromatic hydroxyl groups is 1. The molecule has 0 bridgehead atoms. The van der Waals surface area contributed by atoms with Gasteiger partial charge in [0, 0.05) is 31.7 Å². The van der Waals surface area contributed by atoms with Crippen LogP contribution in [0.3, 0.4) is 0 Å². The average Bonchev–Trinajstić information content (AvgIpc) is 2.83. The molecule has 0 unspecified atom stereocenters. The molecule has 0 spiro atoms. The van der Waals surface area contributed by atoms with Gasteiger partial charge in [-0.1, -0.05) is 42.5 Å². The van der Waals surface area contributed by atoms with Gasteiger partial charge in [-0.3, -0.25) is 4.90 Å². The third-order valence-corrected chi connectivity index (χ3v) is 7.74. The Balaban J connectivity index is 1.61. The topological polar surface area (TPSA) is 70.1 Å². The number of phenols is 1. The van der Waals surface area contributed by atoms with Crippen molar-refractivity contribution in [1.29, 1.82) is 0 Å². The van der Waals surface area contributed by atoms with E-state index in [0.29, 0.717) is 31.0 Å². The lowest BCUT2D eigenvalue weighted by atomic mass is 9.95. The Labute approximate surface area is 193 Å². The molecule has 0 amide bonds. The number of phenolic OH excluding ortho intramolecular Hbond substituents is 1. The predicted molar refractivity (Wildman–Crippen MR) is 124 cm³/mol. The summed E-state index contributed by atoms with van der Waals surface area (Å²) in [4.78, 5) is 2.25. The molecule has 174 valence electrons. The van der Waals surface area contributed by atoms with Crippen LogP contribution < -0.4 is 4.74 Å². The number of sulfonamides is 1. The van der Waals surface area contributed by atoms with Crippen molar-refractivity contribution in [2.75, 3.05) is 32.8 Å². The van der Waals surface area contributed by atoms with Crippen LogP contribution in [0.4, 0.5) is 4.39 Å². The molecule has 1 aliphatic heterocycles. The summed E-state index contributed by atoms with van der Waals surface area (Å²) in [5.41, 5.74) is 1.71. The maximum Gasteiger partial charge on any atom is 0.243 e. The highest BCUT2D eigenvalue weighted by Crippen LogP contribution is 2.40. The second kappa shape index (κ2) is 9.91. The fourth-order valence-electron chi connectivity index (χ4n) is 4.21. The Kier molecular flexibility index (Phi) is 6.97. The molecule has 1 heterocycles. The molecule has 3 aromatic rings. The molecule has 6 nitrogen and oxygen atoms in total. The number of hydrogen-bond donors (Lipinski definition) is 1. The van der Waals surface area contributed by atoms with Crippen molar-refractivity contribution in [3.63, 3.8) is 0 Å². The molecule has 8 heteroatoms. The minimum Gasteiger partial charge on any atom is -0.504 e. The Morgan fingerprint density at radius 2 is 1.61 bits per heavy atom. The van der Waals surface area contributed by atoms with Crippen LogP contribution >= 0.6 is 0 Å². The van der Waals surface area contributed by atoms with E-state index < -0.39 is 15.8 Å². The van der Waals surface area contributed by atoms with Gasteiger partial charge < -0.3 is 9.84 Å². The molecule has 1 fully saturated rings. The lowest BCUT2D eigenvalue weighted by molar-refractivity contribution is 0.153. The van der Waals surface area contributed by atoms with Crippen LogP contribution in [0.15, 0.2) is 77.7 Å². The maximum absolute atomic E-state index is 13.2. The minimum absolute atomic E-state index is 0.0824. The van der Waals surface area contributed by atoms with Crippen LogP contribution in [0, 0.1) is 5.82 Å². The van der Waals surface area contributed by atoms with E-state index in [9.17, 15) is 17.9 Å². The summed E-state index contributed by atoms with van der Waals surface area (Å²) in [5.74, 6) is 0.0431. The Morgan fingerprint density at radius 3 is 2.24 bits per heavy atom. The zero-order valence-electron chi connectivity index (χ0n) is 18.4. The van der Waals surface area contributed by atoms with Crippen LogP contribution in [-0.4, -0.2) is 55.5 Å². The minimum atomic E-state index is -3.71. The van der Waals surface area contributed by atoms with Crippen molar-refractivity contribution >= 4 is 10.0 Å². The van der Waals surface area contributed by atoms with Crippen LogP contribution in [0.25, 0.3) is 0 Å². The lowest BCUT2D eigenvalue weighted by Gasteiger charge is -2.39. The summed E-state index contributed by atoms with van der Waals surface area (Å²) in [5, 5.41) is 10.9. The second-order valence-corrected chi connectivity index (χ2v) is 9.77. The SMILES string of the molecule is CCOc1cccc([C@@H](c2ccccc2)N2CCN(S(=O)(=O)c3ccc(F)cc3)CC2)c1O. The van der Waals surface area contributed by atoms with Crippen molar-refractivity contribution in [2.24, 2.45) is 0 Å². The number of piperazine rings is 1. The van der Waals surface area contributed by atoms with Crippen molar-refractivity contribution in [1.82, 2.24) is 9.21 Å². The molecule has 4 rings (SSSR count). The van der Waals surface area contributed by atoms with Crippen LogP contribution in [0.5, 0.6) is 11.5 Å². The van der Waals surface area contributed by atoms with E-state index in [2.05, 4.69) is 4.90 Å². The monoisotopic (exact) mass is 470 g/mol. The summed E-state index contributed by atoms with van der Waals surface area (Å²) in [6.07, 6.45) is 0.